The maximum Gasteiger partial charge on any atom is 0.326 e. The first-order chi connectivity index (χ1) is 23.6. The monoisotopic (exact) mass is 773 g/mol. The summed E-state index contributed by atoms with van der Waals surface area (Å²) in [6, 6.07) is -1.29. The number of hydrogen-bond donors (Lipinski definition) is 5. The highest BCUT2D eigenvalue weighted by molar-refractivity contribution is 8.76. The molecule has 0 radical (unpaired) electrons. The van der Waals surface area contributed by atoms with E-state index in [2.05, 4.69) is 37.6 Å². The fourth-order valence-electron chi connectivity index (χ4n) is 4.48. The highest BCUT2D eigenvalue weighted by atomic mass is 33.1. The van der Waals surface area contributed by atoms with Crippen LogP contribution in [0.2, 0.25) is 0 Å². The largest absolute Gasteiger partial charge is 0.481 e. The van der Waals surface area contributed by atoms with Crippen molar-refractivity contribution in [3.63, 3.8) is 0 Å². The third-order valence-electron chi connectivity index (χ3n) is 7.15. The summed E-state index contributed by atoms with van der Waals surface area (Å²) in [6.45, 7) is 4.46. The highest BCUT2D eigenvalue weighted by Gasteiger charge is 2.20. The van der Waals surface area contributed by atoms with Gasteiger partial charge < -0.3 is 25.6 Å². The molecule has 0 spiro atoms. The maximum atomic E-state index is 12.2. The van der Waals surface area contributed by atoms with E-state index in [1.165, 1.54) is 44.9 Å². The van der Waals surface area contributed by atoms with Gasteiger partial charge in [0.25, 0.3) is 0 Å². The number of amides is 2. The molecule has 2 amide bonds. The lowest BCUT2D eigenvalue weighted by Gasteiger charge is -2.14. The maximum absolute atomic E-state index is 12.2. The molecule has 3 atom stereocenters. The number of rotatable bonds is 30. The number of nitrogens with one attached hydrogen (secondary N) is 3. The molecule has 0 rings (SSSR count). The molecule has 0 aliphatic heterocycles. The molecule has 5 N–H and O–H groups in total. The van der Waals surface area contributed by atoms with Gasteiger partial charge in [-0.1, -0.05) is 122 Å². The molecular weight excluding hydrogens is 702 g/mol. The van der Waals surface area contributed by atoms with Gasteiger partial charge in [-0.2, -0.15) is 11.8 Å². The van der Waals surface area contributed by atoms with Gasteiger partial charge in [-0.05, 0) is 63.5 Å². The molecule has 49 heavy (non-hydrogen) atoms. The molecule has 10 nitrogen and oxygen atoms in total. The van der Waals surface area contributed by atoms with Crippen molar-refractivity contribution in [2.24, 2.45) is 0 Å². The first kappa shape index (κ1) is 54.8. The number of thioether (sulfide) groups is 1. The van der Waals surface area contributed by atoms with Crippen LogP contribution in [0.5, 0.6) is 0 Å². The molecule has 0 aromatic carbocycles. The number of aliphatic carboxylic acids is 2. The van der Waals surface area contributed by atoms with Gasteiger partial charge in [0, 0.05) is 25.8 Å². The molecule has 0 bridgehead atoms. The van der Waals surface area contributed by atoms with E-state index in [9.17, 15) is 29.1 Å². The Morgan fingerprint density at radius 2 is 1.06 bits per heavy atom. The summed E-state index contributed by atoms with van der Waals surface area (Å²) in [5, 5.41) is 26.1. The Kier molecular flexibility index (Phi) is 52.5. The Labute approximate surface area is 313 Å². The number of carboxylic acids is 2. The fraction of sp³-hybridized carbons (Fsp3) is 0.857. The van der Waals surface area contributed by atoms with Crippen molar-refractivity contribution < 1.29 is 34.2 Å². The van der Waals surface area contributed by atoms with Crippen molar-refractivity contribution in [2.45, 2.75) is 161 Å². The third-order valence-corrected chi connectivity index (χ3v) is 8.91. The minimum atomic E-state index is -1.14. The summed E-state index contributed by atoms with van der Waals surface area (Å²) in [5.74, 6) is -2.38. The Hall–Kier alpha value is -1.01. The van der Waals surface area contributed by atoms with E-state index in [-0.39, 0.29) is 37.1 Å². The molecular formula is C35H72N3O7PS3. The van der Waals surface area contributed by atoms with Crippen molar-refractivity contribution >= 4 is 72.8 Å². The SMILES string of the molecule is CC.CSC.CSSC.O=CC(CCCCNC(=O)CC[C@H](NC(=O)CCCCCCCCCCCCCCCCC(=O)O)C(=O)O)NP. The Bertz CT molecular complexity index is 770. The van der Waals surface area contributed by atoms with Gasteiger partial charge >= 0.3 is 11.9 Å². The normalized spacial score (nSPS) is 11.2. The Morgan fingerprint density at radius 3 is 1.43 bits per heavy atom. The van der Waals surface area contributed by atoms with E-state index in [4.69, 9.17) is 5.11 Å². The van der Waals surface area contributed by atoms with Crippen LogP contribution in [-0.4, -0.2) is 83.9 Å². The van der Waals surface area contributed by atoms with Gasteiger partial charge in [-0.15, -0.1) is 0 Å². The zero-order valence-electron chi connectivity index (χ0n) is 31.5. The van der Waals surface area contributed by atoms with Crippen LogP contribution < -0.4 is 15.7 Å². The quantitative estimate of drug-likeness (QED) is 0.0206. The van der Waals surface area contributed by atoms with E-state index in [0.717, 1.165) is 64.1 Å². The van der Waals surface area contributed by atoms with Crippen LogP contribution >= 0.6 is 42.7 Å². The second-order valence-corrected chi connectivity index (χ2v) is 15.2. The second kappa shape index (κ2) is 47.0. The molecule has 0 saturated carbocycles. The average Bonchev–Trinajstić information content (AvgIpc) is 3.09. The lowest BCUT2D eigenvalue weighted by Crippen LogP contribution is -2.41. The van der Waals surface area contributed by atoms with E-state index in [1.54, 1.807) is 33.3 Å². The number of carbonyl (C=O) groups is 5. The van der Waals surface area contributed by atoms with Gasteiger partial charge in [0.15, 0.2) is 0 Å². The Morgan fingerprint density at radius 1 is 0.633 bits per heavy atom. The molecule has 14 heteroatoms. The van der Waals surface area contributed by atoms with Gasteiger partial charge in [-0.25, -0.2) is 4.79 Å². The molecule has 0 heterocycles. The molecule has 0 fully saturated rings. The zero-order valence-corrected chi connectivity index (χ0v) is 35.1. The number of unbranched alkanes of at least 4 members (excludes halogenated alkanes) is 14. The summed E-state index contributed by atoms with van der Waals surface area (Å²) >= 11 is 1.75. The van der Waals surface area contributed by atoms with Crippen molar-refractivity contribution in [3.8, 4) is 0 Å². The fourth-order valence-corrected chi connectivity index (χ4v) is 4.72. The molecule has 0 aromatic heterocycles. The van der Waals surface area contributed by atoms with Crippen LogP contribution in [0.3, 0.4) is 0 Å². The molecule has 0 aliphatic rings. The summed E-state index contributed by atoms with van der Waals surface area (Å²) in [7, 11) is 5.86. The molecule has 0 saturated heterocycles. The van der Waals surface area contributed by atoms with E-state index >= 15 is 0 Å². The lowest BCUT2D eigenvalue weighted by atomic mass is 10.0. The van der Waals surface area contributed by atoms with Crippen LogP contribution in [0.4, 0.5) is 0 Å². The van der Waals surface area contributed by atoms with Gasteiger partial charge in [0.2, 0.25) is 11.8 Å². The smallest absolute Gasteiger partial charge is 0.326 e. The van der Waals surface area contributed by atoms with Gasteiger partial charge in [0.1, 0.15) is 12.3 Å². The average molecular weight is 774 g/mol. The van der Waals surface area contributed by atoms with Crippen molar-refractivity contribution in [2.75, 3.05) is 31.6 Å². The van der Waals surface area contributed by atoms with Crippen LogP contribution in [0, 0.1) is 0 Å². The zero-order chi connectivity index (χ0) is 38.0. The first-order valence-electron chi connectivity index (χ1n) is 18.0. The second-order valence-electron chi connectivity index (χ2n) is 11.3. The summed E-state index contributed by atoms with van der Waals surface area (Å²) in [4.78, 5) is 56.9. The number of hydrogen-bond acceptors (Lipinski definition) is 9. The first-order valence-corrected chi connectivity index (χ1v) is 23.2. The summed E-state index contributed by atoms with van der Waals surface area (Å²) in [6.07, 6.45) is 27.2. The van der Waals surface area contributed by atoms with Gasteiger partial charge in [-0.3, -0.25) is 19.5 Å². The minimum absolute atomic E-state index is 0.0238. The predicted octanol–water partition coefficient (Wildman–Crippen LogP) is 8.53. The lowest BCUT2D eigenvalue weighted by molar-refractivity contribution is -0.142. The van der Waals surface area contributed by atoms with Crippen LogP contribution in [0.1, 0.15) is 149 Å². The highest BCUT2D eigenvalue weighted by Crippen LogP contribution is 2.14. The molecule has 292 valence electrons. The van der Waals surface area contributed by atoms with Crippen molar-refractivity contribution in [3.05, 3.63) is 0 Å². The third kappa shape index (κ3) is 49.2. The molecule has 0 aromatic rings. The molecule has 0 aliphatic carbocycles. The van der Waals surface area contributed by atoms with Crippen molar-refractivity contribution in [1.82, 2.24) is 15.7 Å². The van der Waals surface area contributed by atoms with E-state index in [0.29, 0.717) is 19.4 Å². The number of aldehydes is 1. The summed E-state index contributed by atoms with van der Waals surface area (Å²) < 4.78 is 0. The van der Waals surface area contributed by atoms with E-state index in [1.807, 2.05) is 26.4 Å². The predicted molar refractivity (Wildman–Crippen MR) is 218 cm³/mol. The van der Waals surface area contributed by atoms with E-state index < -0.39 is 18.0 Å². The Balaban J connectivity index is -0.00000100. The van der Waals surface area contributed by atoms with Crippen LogP contribution in [0.15, 0.2) is 0 Å². The number of carboxylic acid groups (broad SMARTS) is 2. The summed E-state index contributed by atoms with van der Waals surface area (Å²) in [5.41, 5.74) is 0. The number of carbonyl (C=O) groups excluding carboxylic acids is 3. The van der Waals surface area contributed by atoms with Crippen LogP contribution in [-0.2, 0) is 24.0 Å². The standard InChI is InChI=1S/C29H54N3O7P.C2H6S2.C2H6S.C2H6/c33-23-24(32-40)17-15-16-22-30-26(34)21-20-25(29(38)39)31-27(35)18-13-11-9-7-5-3-1-2-4-6-8-10-12-14-19-28(36)37;1-3-4-2;1-3-2;1-2/h23-25,32H,1-22,40H2,(H,30,34)(H,31,35)(H,36,37)(H,38,39);1-2H3;1-2H3;1-2H3/t24?,25-;;;/m0.../s1. The van der Waals surface area contributed by atoms with Gasteiger partial charge in [0.05, 0.1) is 6.04 Å². The topological polar surface area (TPSA) is 162 Å². The molecule has 2 unspecified atom stereocenters. The van der Waals surface area contributed by atoms with Crippen molar-refractivity contribution in [1.29, 1.82) is 0 Å². The minimum Gasteiger partial charge on any atom is -0.481 e. The van der Waals surface area contributed by atoms with Crippen LogP contribution in [0.25, 0.3) is 0 Å².